The van der Waals surface area contributed by atoms with E-state index >= 15 is 0 Å². The molecule has 0 aliphatic heterocycles. The minimum absolute atomic E-state index is 0.256. The van der Waals surface area contributed by atoms with E-state index in [1.165, 1.54) is 0 Å². The summed E-state index contributed by atoms with van der Waals surface area (Å²) in [7, 11) is 0. The zero-order valence-electron chi connectivity index (χ0n) is 5.87. The third-order valence-corrected chi connectivity index (χ3v) is 1.63. The van der Waals surface area contributed by atoms with E-state index in [2.05, 4.69) is 4.98 Å². The van der Waals surface area contributed by atoms with Crippen LogP contribution in [0.4, 0.5) is 13.2 Å². The smallest absolute Gasteiger partial charge is 0.192 e. The van der Waals surface area contributed by atoms with E-state index in [1.54, 1.807) is 0 Å². The second kappa shape index (κ2) is 2.27. The summed E-state index contributed by atoms with van der Waals surface area (Å²) in [6.45, 7) is 0. The molecular formula is C8H4F3N. The van der Waals surface area contributed by atoms with Gasteiger partial charge in [0.05, 0.1) is 5.52 Å². The number of aromatic nitrogens is 1. The third-order valence-electron chi connectivity index (χ3n) is 1.63. The van der Waals surface area contributed by atoms with Gasteiger partial charge >= 0.3 is 0 Å². The molecule has 1 aromatic carbocycles. The molecule has 12 heavy (non-hydrogen) atoms. The van der Waals surface area contributed by atoms with Gasteiger partial charge in [-0.3, -0.25) is 0 Å². The maximum atomic E-state index is 12.5. The van der Waals surface area contributed by atoms with Gasteiger partial charge in [0.2, 0.25) is 0 Å². The van der Waals surface area contributed by atoms with Gasteiger partial charge in [0.1, 0.15) is 0 Å². The Kier molecular flexibility index (Phi) is 1.36. The Morgan fingerprint density at radius 2 is 1.58 bits per heavy atom. The topological polar surface area (TPSA) is 15.8 Å². The Morgan fingerprint density at radius 3 is 2.33 bits per heavy atom. The van der Waals surface area contributed by atoms with Crippen LogP contribution >= 0.6 is 0 Å². The van der Waals surface area contributed by atoms with Crippen molar-refractivity contribution in [3.63, 3.8) is 0 Å². The number of H-pyrrole nitrogens is 1. The van der Waals surface area contributed by atoms with Crippen LogP contribution in [0.15, 0.2) is 18.2 Å². The number of aromatic amines is 1. The lowest BCUT2D eigenvalue weighted by molar-refractivity contribution is 0.511. The van der Waals surface area contributed by atoms with Gasteiger partial charge in [-0.1, -0.05) is 0 Å². The van der Waals surface area contributed by atoms with Crippen molar-refractivity contribution < 1.29 is 13.2 Å². The second-order valence-electron chi connectivity index (χ2n) is 2.47. The maximum Gasteiger partial charge on any atom is 0.192 e. The van der Waals surface area contributed by atoms with Crippen molar-refractivity contribution in [3.05, 3.63) is 35.8 Å². The molecule has 0 unspecified atom stereocenters. The Morgan fingerprint density at radius 1 is 0.917 bits per heavy atom. The number of rotatable bonds is 0. The fraction of sp³-hybridized carbons (Fsp3) is 0. The van der Waals surface area contributed by atoms with Gasteiger partial charge in [0.15, 0.2) is 17.6 Å². The molecule has 1 heterocycles. The Hall–Kier alpha value is -1.45. The van der Waals surface area contributed by atoms with Crippen LogP contribution in [0.2, 0.25) is 0 Å². The lowest BCUT2D eigenvalue weighted by Crippen LogP contribution is -1.81. The first-order valence-corrected chi connectivity index (χ1v) is 3.30. The summed E-state index contributed by atoms with van der Waals surface area (Å²) < 4.78 is 37.6. The zero-order valence-corrected chi connectivity index (χ0v) is 5.87. The van der Waals surface area contributed by atoms with Crippen LogP contribution in [-0.2, 0) is 0 Å². The van der Waals surface area contributed by atoms with Gasteiger partial charge in [-0.2, -0.15) is 4.39 Å². The maximum absolute atomic E-state index is 12.5. The summed E-state index contributed by atoms with van der Waals surface area (Å²) in [6.07, 6.45) is 0. The van der Waals surface area contributed by atoms with Crippen LogP contribution in [0, 0.1) is 17.6 Å². The largest absolute Gasteiger partial charge is 0.331 e. The molecule has 2 rings (SSSR count). The zero-order chi connectivity index (χ0) is 8.72. The van der Waals surface area contributed by atoms with Crippen molar-refractivity contribution in [2.75, 3.05) is 0 Å². The molecule has 4 heteroatoms. The van der Waals surface area contributed by atoms with E-state index in [4.69, 9.17) is 0 Å². The summed E-state index contributed by atoms with van der Waals surface area (Å²) >= 11 is 0. The standard InChI is InChI=1S/C8H4F3N/c9-5-1-4-2-8(11)12-7(4)3-6(5)10/h1-3,12H. The number of hydrogen-bond donors (Lipinski definition) is 1. The molecule has 0 aliphatic carbocycles. The van der Waals surface area contributed by atoms with Crippen LogP contribution in [0.25, 0.3) is 10.9 Å². The molecule has 2 aromatic rings. The molecule has 1 nitrogen and oxygen atoms in total. The predicted molar refractivity (Wildman–Crippen MR) is 38.2 cm³/mol. The molecular weight excluding hydrogens is 167 g/mol. The summed E-state index contributed by atoms with van der Waals surface area (Å²) in [6, 6.07) is 2.98. The van der Waals surface area contributed by atoms with Gasteiger partial charge in [0.25, 0.3) is 0 Å². The van der Waals surface area contributed by atoms with Crippen LogP contribution in [0.1, 0.15) is 0 Å². The van der Waals surface area contributed by atoms with E-state index in [-0.39, 0.29) is 5.52 Å². The molecule has 0 fully saturated rings. The van der Waals surface area contributed by atoms with E-state index in [0.717, 1.165) is 18.2 Å². The highest BCUT2D eigenvalue weighted by atomic mass is 19.2. The normalized spacial score (nSPS) is 10.9. The molecule has 62 valence electrons. The SMILES string of the molecule is Fc1cc2cc(F)c(F)cc2[nH]1. The number of hydrogen-bond acceptors (Lipinski definition) is 0. The third kappa shape index (κ3) is 0.958. The first-order valence-electron chi connectivity index (χ1n) is 3.30. The monoisotopic (exact) mass is 171 g/mol. The van der Waals surface area contributed by atoms with Crippen molar-refractivity contribution in [1.29, 1.82) is 0 Å². The molecule has 0 saturated carbocycles. The lowest BCUT2D eigenvalue weighted by Gasteiger charge is -1.91. The Bertz CT molecular complexity index is 394. The van der Waals surface area contributed by atoms with Crippen molar-refractivity contribution in [2.45, 2.75) is 0 Å². The van der Waals surface area contributed by atoms with Crippen molar-refractivity contribution in [1.82, 2.24) is 4.98 Å². The highest BCUT2D eigenvalue weighted by molar-refractivity contribution is 5.79. The van der Waals surface area contributed by atoms with Gasteiger partial charge in [-0.15, -0.1) is 0 Å². The molecule has 1 aromatic heterocycles. The van der Waals surface area contributed by atoms with Gasteiger partial charge in [-0.25, -0.2) is 8.78 Å². The first kappa shape index (κ1) is 7.21. The van der Waals surface area contributed by atoms with Crippen LogP contribution in [0.5, 0.6) is 0 Å². The number of benzene rings is 1. The number of halogens is 3. The fourth-order valence-electron chi connectivity index (χ4n) is 1.09. The van der Waals surface area contributed by atoms with E-state index in [9.17, 15) is 13.2 Å². The lowest BCUT2D eigenvalue weighted by atomic mass is 10.2. The average Bonchev–Trinajstić information content (AvgIpc) is 2.30. The Balaban J connectivity index is 2.83. The van der Waals surface area contributed by atoms with Crippen molar-refractivity contribution >= 4 is 10.9 Å². The molecule has 0 radical (unpaired) electrons. The quantitative estimate of drug-likeness (QED) is 0.627. The highest BCUT2D eigenvalue weighted by Gasteiger charge is 2.06. The molecule has 0 aliphatic rings. The highest BCUT2D eigenvalue weighted by Crippen LogP contribution is 2.18. The van der Waals surface area contributed by atoms with Crippen LogP contribution in [0.3, 0.4) is 0 Å². The number of fused-ring (bicyclic) bond motifs is 1. The summed E-state index contributed by atoms with van der Waals surface area (Å²) in [5, 5.41) is 0.325. The first-order chi connectivity index (χ1) is 5.66. The van der Waals surface area contributed by atoms with E-state index < -0.39 is 17.6 Å². The van der Waals surface area contributed by atoms with Crippen molar-refractivity contribution in [2.24, 2.45) is 0 Å². The van der Waals surface area contributed by atoms with Gasteiger partial charge in [-0.05, 0) is 6.07 Å². The molecule has 0 spiro atoms. The van der Waals surface area contributed by atoms with Crippen LogP contribution < -0.4 is 0 Å². The second-order valence-corrected chi connectivity index (χ2v) is 2.47. The summed E-state index contributed by atoms with van der Waals surface area (Å²) in [4.78, 5) is 2.25. The molecule has 0 atom stereocenters. The minimum Gasteiger partial charge on any atom is -0.331 e. The van der Waals surface area contributed by atoms with E-state index in [0.29, 0.717) is 5.39 Å². The predicted octanol–water partition coefficient (Wildman–Crippen LogP) is 2.59. The number of nitrogens with one attached hydrogen (secondary N) is 1. The molecule has 0 saturated heterocycles. The minimum atomic E-state index is -0.982. The van der Waals surface area contributed by atoms with Crippen LogP contribution in [-0.4, -0.2) is 4.98 Å². The fourth-order valence-corrected chi connectivity index (χ4v) is 1.09. The molecule has 1 N–H and O–H groups in total. The van der Waals surface area contributed by atoms with Crippen molar-refractivity contribution in [3.8, 4) is 0 Å². The Labute approximate surface area is 65.8 Å². The molecule has 0 bridgehead atoms. The molecule has 0 amide bonds. The van der Waals surface area contributed by atoms with Gasteiger partial charge < -0.3 is 4.98 Å². The van der Waals surface area contributed by atoms with E-state index in [1.807, 2.05) is 0 Å². The van der Waals surface area contributed by atoms with Gasteiger partial charge in [0, 0.05) is 17.5 Å². The summed E-state index contributed by atoms with van der Waals surface area (Å²) in [5.41, 5.74) is 0.256. The summed E-state index contributed by atoms with van der Waals surface area (Å²) in [5.74, 6) is -2.55. The average molecular weight is 171 g/mol.